The Labute approximate surface area is 135 Å². The predicted molar refractivity (Wildman–Crippen MR) is 82.2 cm³/mol. The average Bonchev–Trinajstić information content (AvgIpc) is 2.94. The summed E-state index contributed by atoms with van der Waals surface area (Å²) < 4.78 is 4.63. The van der Waals surface area contributed by atoms with Crippen LogP contribution >= 0.6 is 11.3 Å². The van der Waals surface area contributed by atoms with E-state index in [2.05, 4.69) is 10.1 Å². The van der Waals surface area contributed by atoms with Crippen LogP contribution in [0.4, 0.5) is 0 Å². The molecule has 2 rings (SSSR count). The summed E-state index contributed by atoms with van der Waals surface area (Å²) in [6.07, 6.45) is 0. The molecule has 8 heteroatoms. The number of methoxy groups -OCH3 is 1. The number of ether oxygens (including phenoxy) is 1. The van der Waals surface area contributed by atoms with Crippen molar-refractivity contribution < 1.29 is 29.3 Å². The maximum atomic E-state index is 11.6. The fraction of sp³-hybridized carbons (Fsp3) is 0.267. The molecular formula is C15H15NO6S. The molecule has 0 fully saturated rings. The number of aliphatic carboxylic acids is 2. The van der Waals surface area contributed by atoms with E-state index in [1.165, 1.54) is 13.2 Å². The second-order valence-electron chi connectivity index (χ2n) is 4.94. The van der Waals surface area contributed by atoms with Crippen LogP contribution < -0.4 is 5.32 Å². The quantitative estimate of drug-likeness (QED) is 0.720. The molecule has 1 aliphatic heterocycles. The normalized spacial score (nSPS) is 15.4. The highest BCUT2D eigenvalue weighted by Crippen LogP contribution is 2.41. The lowest BCUT2D eigenvalue weighted by molar-refractivity contribution is -0.133. The van der Waals surface area contributed by atoms with Crippen molar-refractivity contribution in [1.29, 1.82) is 0 Å². The third kappa shape index (κ3) is 2.98. The third-order valence-corrected chi connectivity index (χ3v) is 4.65. The number of nitrogens with one attached hydrogen (secondary N) is 1. The van der Waals surface area contributed by atoms with E-state index in [1.807, 2.05) is 0 Å². The van der Waals surface area contributed by atoms with Gasteiger partial charge in [-0.05, 0) is 26.0 Å². The summed E-state index contributed by atoms with van der Waals surface area (Å²) in [5.41, 5.74) is 0.647. The number of hydrogen-bond donors (Lipinski definition) is 3. The summed E-state index contributed by atoms with van der Waals surface area (Å²) in [5.74, 6) is -3.92. The average molecular weight is 337 g/mol. The second-order valence-corrected chi connectivity index (χ2v) is 6.05. The zero-order valence-electron chi connectivity index (χ0n) is 12.7. The molecule has 0 unspecified atom stereocenters. The summed E-state index contributed by atoms with van der Waals surface area (Å²) in [6, 6.07) is 3.05. The lowest BCUT2D eigenvalue weighted by atomic mass is 9.84. The highest BCUT2D eigenvalue weighted by atomic mass is 32.1. The zero-order chi connectivity index (χ0) is 17.3. The first-order chi connectivity index (χ1) is 10.8. The van der Waals surface area contributed by atoms with Gasteiger partial charge in [0.1, 0.15) is 4.88 Å². The SMILES string of the molecule is COC(=O)c1ccc(C2C(C(=O)O)=C(C)NC(C)=C2C(=O)O)s1. The van der Waals surface area contributed by atoms with Crippen molar-refractivity contribution >= 4 is 29.2 Å². The minimum Gasteiger partial charge on any atom is -0.478 e. The molecule has 0 saturated heterocycles. The summed E-state index contributed by atoms with van der Waals surface area (Å²) >= 11 is 1.02. The van der Waals surface area contributed by atoms with Crippen molar-refractivity contribution in [3.63, 3.8) is 0 Å². The van der Waals surface area contributed by atoms with E-state index in [-0.39, 0.29) is 16.0 Å². The molecule has 1 aromatic heterocycles. The van der Waals surface area contributed by atoms with E-state index in [0.29, 0.717) is 16.3 Å². The minimum atomic E-state index is -1.21. The summed E-state index contributed by atoms with van der Waals surface area (Å²) in [7, 11) is 1.24. The Morgan fingerprint density at radius 1 is 1.09 bits per heavy atom. The molecule has 0 spiro atoms. The molecule has 3 N–H and O–H groups in total. The molecule has 0 atom stereocenters. The first kappa shape index (κ1) is 16.8. The van der Waals surface area contributed by atoms with Crippen molar-refractivity contribution in [2.75, 3.05) is 7.11 Å². The highest BCUT2D eigenvalue weighted by Gasteiger charge is 2.37. The topological polar surface area (TPSA) is 113 Å². The minimum absolute atomic E-state index is 0.0498. The third-order valence-electron chi connectivity index (χ3n) is 3.52. The summed E-state index contributed by atoms with van der Waals surface area (Å²) in [5, 5.41) is 21.8. The number of thiophene rings is 1. The van der Waals surface area contributed by atoms with E-state index < -0.39 is 23.8 Å². The van der Waals surface area contributed by atoms with Crippen LogP contribution in [0.2, 0.25) is 0 Å². The Balaban J connectivity index is 2.62. The van der Waals surface area contributed by atoms with E-state index in [1.54, 1.807) is 19.9 Å². The Bertz CT molecular complexity index is 722. The van der Waals surface area contributed by atoms with Gasteiger partial charge in [0.05, 0.1) is 24.2 Å². The molecule has 1 aliphatic rings. The second kappa shape index (κ2) is 6.25. The van der Waals surface area contributed by atoms with Crippen LogP contribution in [0, 0.1) is 0 Å². The summed E-state index contributed by atoms with van der Waals surface area (Å²) in [4.78, 5) is 35.6. The Kier molecular flexibility index (Phi) is 4.55. The zero-order valence-corrected chi connectivity index (χ0v) is 13.5. The van der Waals surface area contributed by atoms with Crippen molar-refractivity contribution in [2.24, 2.45) is 0 Å². The maximum absolute atomic E-state index is 11.6. The number of allylic oxidation sites excluding steroid dienone is 2. The molecule has 0 aliphatic carbocycles. The smallest absolute Gasteiger partial charge is 0.348 e. The number of carboxylic acids is 2. The van der Waals surface area contributed by atoms with Gasteiger partial charge >= 0.3 is 17.9 Å². The van der Waals surface area contributed by atoms with Crippen molar-refractivity contribution in [1.82, 2.24) is 5.32 Å². The van der Waals surface area contributed by atoms with E-state index in [4.69, 9.17) is 0 Å². The maximum Gasteiger partial charge on any atom is 0.348 e. The van der Waals surface area contributed by atoms with Gasteiger partial charge in [-0.25, -0.2) is 14.4 Å². The van der Waals surface area contributed by atoms with Crippen LogP contribution in [0.3, 0.4) is 0 Å². The van der Waals surface area contributed by atoms with E-state index in [0.717, 1.165) is 11.3 Å². The number of esters is 1. The van der Waals surface area contributed by atoms with Gasteiger partial charge in [-0.3, -0.25) is 0 Å². The van der Waals surface area contributed by atoms with Gasteiger partial charge in [-0.2, -0.15) is 0 Å². The van der Waals surface area contributed by atoms with Gasteiger partial charge in [0.25, 0.3) is 0 Å². The first-order valence-electron chi connectivity index (χ1n) is 6.61. The lowest BCUT2D eigenvalue weighted by Crippen LogP contribution is -2.30. The number of hydrogen-bond acceptors (Lipinski definition) is 6. The number of carbonyl (C=O) groups excluding carboxylic acids is 1. The Hall–Kier alpha value is -2.61. The monoisotopic (exact) mass is 337 g/mol. The number of dihydropyridines is 1. The Morgan fingerprint density at radius 2 is 1.61 bits per heavy atom. The van der Waals surface area contributed by atoms with Gasteiger partial charge in [0.2, 0.25) is 0 Å². The molecule has 1 aromatic rings. The number of rotatable bonds is 4. The fourth-order valence-electron chi connectivity index (χ4n) is 2.56. The lowest BCUT2D eigenvalue weighted by Gasteiger charge is -2.27. The van der Waals surface area contributed by atoms with Gasteiger partial charge in [0, 0.05) is 16.3 Å². The predicted octanol–water partition coefficient (Wildman–Crippen LogP) is 1.94. The molecule has 0 radical (unpaired) electrons. The Morgan fingerprint density at radius 3 is 2.04 bits per heavy atom. The van der Waals surface area contributed by atoms with Crippen molar-refractivity contribution in [2.45, 2.75) is 19.8 Å². The van der Waals surface area contributed by atoms with Gasteiger partial charge in [-0.15, -0.1) is 11.3 Å². The van der Waals surface area contributed by atoms with Crippen LogP contribution in [-0.4, -0.2) is 35.2 Å². The first-order valence-corrected chi connectivity index (χ1v) is 7.42. The van der Waals surface area contributed by atoms with Crippen LogP contribution in [0.5, 0.6) is 0 Å². The van der Waals surface area contributed by atoms with Crippen LogP contribution in [0.15, 0.2) is 34.7 Å². The number of carboxylic acid groups (broad SMARTS) is 2. The van der Waals surface area contributed by atoms with Crippen LogP contribution in [0.25, 0.3) is 0 Å². The largest absolute Gasteiger partial charge is 0.478 e. The number of carbonyl (C=O) groups is 3. The van der Waals surface area contributed by atoms with Crippen molar-refractivity contribution in [3.8, 4) is 0 Å². The molecular weight excluding hydrogens is 322 g/mol. The molecule has 23 heavy (non-hydrogen) atoms. The summed E-state index contributed by atoms with van der Waals surface area (Å²) in [6.45, 7) is 3.15. The molecule has 0 saturated carbocycles. The van der Waals surface area contributed by atoms with E-state index >= 15 is 0 Å². The van der Waals surface area contributed by atoms with Gasteiger partial charge in [0.15, 0.2) is 0 Å². The van der Waals surface area contributed by atoms with Crippen LogP contribution in [0.1, 0.15) is 34.3 Å². The molecule has 122 valence electrons. The fourth-order valence-corrected chi connectivity index (χ4v) is 3.61. The molecule has 0 bridgehead atoms. The molecule has 7 nitrogen and oxygen atoms in total. The standard InChI is InChI=1S/C15H15NO6S/c1-6-10(13(17)18)12(11(14(19)20)7(2)16-6)8-4-5-9(23-8)15(21)22-3/h4-5,12,16H,1-3H3,(H,17,18)(H,19,20). The molecule has 0 amide bonds. The van der Waals surface area contributed by atoms with Crippen molar-refractivity contribution in [3.05, 3.63) is 44.4 Å². The van der Waals surface area contributed by atoms with E-state index in [9.17, 15) is 24.6 Å². The molecule has 2 heterocycles. The van der Waals surface area contributed by atoms with Crippen LogP contribution in [-0.2, 0) is 14.3 Å². The van der Waals surface area contributed by atoms with Gasteiger partial charge in [-0.1, -0.05) is 0 Å². The molecule has 0 aromatic carbocycles. The van der Waals surface area contributed by atoms with Gasteiger partial charge < -0.3 is 20.3 Å². The highest BCUT2D eigenvalue weighted by molar-refractivity contribution is 7.14.